The Morgan fingerprint density at radius 3 is 0.750 bits per heavy atom. The van der Waals surface area contributed by atoms with E-state index in [1.54, 1.807) is 0 Å². The summed E-state index contributed by atoms with van der Waals surface area (Å²) in [5.41, 5.74) is 0. The second kappa shape index (κ2) is 16.2. The van der Waals surface area contributed by atoms with E-state index in [0.717, 1.165) is 0 Å². The first-order chi connectivity index (χ1) is 0. The standard InChI is InChI=1S/K.2H2O.Rb.2H/h;2*1H2;;;. The van der Waals surface area contributed by atoms with Crippen LogP contribution in [-0.2, 0) is 0 Å². The van der Waals surface area contributed by atoms with Crippen LogP contribution in [0, 0.1) is 0 Å². The summed E-state index contributed by atoms with van der Waals surface area (Å²) >= 11 is 0. The van der Waals surface area contributed by atoms with Gasteiger partial charge in [-0.3, -0.25) is 0 Å². The van der Waals surface area contributed by atoms with Gasteiger partial charge in [-0.2, -0.15) is 0 Å². The molecular formula is H6KO2Rb. The molecule has 0 spiro atoms. The Balaban J connectivity index is 0. The molecule has 0 fully saturated rings. The molecule has 0 aliphatic carbocycles. The van der Waals surface area contributed by atoms with Gasteiger partial charge in [-0.1, -0.05) is 0 Å². The van der Waals surface area contributed by atoms with E-state index in [9.17, 15) is 0 Å². The second-order valence-electron chi connectivity index (χ2n) is 0. The molecule has 4 N–H and O–H groups in total. The van der Waals surface area contributed by atoms with Crippen molar-refractivity contribution in [2.24, 2.45) is 0 Å². The third-order valence-corrected chi connectivity index (χ3v) is 0. The van der Waals surface area contributed by atoms with E-state index in [-0.39, 0.29) is 121 Å². The molecule has 0 aromatic heterocycles. The van der Waals surface area contributed by atoms with Crippen molar-refractivity contribution in [3.05, 3.63) is 0 Å². The van der Waals surface area contributed by atoms with Crippen molar-refractivity contribution in [1.29, 1.82) is 0 Å². The molecule has 0 aliphatic heterocycles. The van der Waals surface area contributed by atoms with E-state index >= 15 is 0 Å². The molecule has 0 bridgehead atoms. The minimum atomic E-state index is 0. The third kappa shape index (κ3) is 9.03. The van der Waals surface area contributed by atoms with Gasteiger partial charge in [-0.25, -0.2) is 0 Å². The molecule has 0 saturated heterocycles. The molecule has 0 unspecified atom stereocenters. The van der Waals surface area contributed by atoms with Gasteiger partial charge in [0.05, 0.1) is 0 Å². The molecule has 20 valence electrons. The van der Waals surface area contributed by atoms with Crippen LogP contribution in [0.2, 0.25) is 0 Å². The zero-order valence-electron chi connectivity index (χ0n) is 1.00. The minimum absolute atomic E-state index is 0. The first-order valence-electron chi connectivity index (χ1n) is 0. The maximum absolute atomic E-state index is 0. The quantitative estimate of drug-likeness (QED) is 0.342. The molecule has 0 aliphatic rings. The number of rotatable bonds is 0. The molecule has 4 heavy (non-hydrogen) atoms. The first-order valence-corrected chi connectivity index (χ1v) is 0. The summed E-state index contributed by atoms with van der Waals surface area (Å²) in [5, 5.41) is 0. The van der Waals surface area contributed by atoms with Gasteiger partial charge >= 0.3 is 110 Å². The molecule has 0 radical (unpaired) electrons. The Bertz CT molecular complexity index is 6.00. The Morgan fingerprint density at radius 1 is 0.750 bits per heavy atom. The first kappa shape index (κ1) is 26.4. The number of hydrogen-bond donors (Lipinski definition) is 0. The van der Waals surface area contributed by atoms with Crippen molar-refractivity contribution >= 4 is 110 Å². The monoisotopic (exact) mass is 162 g/mol. The molecule has 0 saturated carbocycles. The molecule has 0 aromatic carbocycles. The van der Waals surface area contributed by atoms with Crippen molar-refractivity contribution in [1.82, 2.24) is 0 Å². The van der Waals surface area contributed by atoms with Crippen LogP contribution < -0.4 is 0 Å². The molecule has 0 rings (SSSR count). The topological polar surface area (TPSA) is 63.0 Å². The van der Waals surface area contributed by atoms with Gasteiger partial charge in [-0.05, 0) is 0 Å². The predicted molar refractivity (Wildman–Crippen MR) is 21.5 cm³/mol. The predicted octanol–water partition coefficient (Wildman–Crippen LogP) is -2.95. The molecular weight excluding hydrogens is 157 g/mol. The van der Waals surface area contributed by atoms with Crippen molar-refractivity contribution < 1.29 is 11.0 Å². The van der Waals surface area contributed by atoms with Gasteiger partial charge in [0, 0.05) is 0 Å². The Morgan fingerprint density at radius 2 is 0.750 bits per heavy atom. The van der Waals surface area contributed by atoms with Crippen LogP contribution in [0.5, 0.6) is 0 Å². The number of hydrogen-bond acceptors (Lipinski definition) is 0. The van der Waals surface area contributed by atoms with Crippen LogP contribution in [0.4, 0.5) is 0 Å². The van der Waals surface area contributed by atoms with Gasteiger partial charge in [0.25, 0.3) is 0 Å². The fraction of sp³-hybridized carbons (Fsp3) is 0. The summed E-state index contributed by atoms with van der Waals surface area (Å²) in [6.45, 7) is 0. The van der Waals surface area contributed by atoms with Crippen LogP contribution in [0.15, 0.2) is 0 Å². The van der Waals surface area contributed by atoms with Crippen molar-refractivity contribution in [2.45, 2.75) is 0 Å². The van der Waals surface area contributed by atoms with Gasteiger partial charge in [0.1, 0.15) is 0 Å². The Hall–Kier alpha value is 3.36. The molecule has 2 nitrogen and oxygen atoms in total. The van der Waals surface area contributed by atoms with E-state index in [4.69, 9.17) is 0 Å². The van der Waals surface area contributed by atoms with Crippen molar-refractivity contribution in [3.63, 3.8) is 0 Å². The molecule has 0 heterocycles. The molecule has 0 atom stereocenters. The van der Waals surface area contributed by atoms with E-state index in [2.05, 4.69) is 0 Å². The molecule has 4 heteroatoms. The van der Waals surface area contributed by atoms with Gasteiger partial charge in [0.15, 0.2) is 0 Å². The van der Waals surface area contributed by atoms with Gasteiger partial charge in [-0.15, -0.1) is 0 Å². The van der Waals surface area contributed by atoms with Crippen LogP contribution in [0.3, 0.4) is 0 Å². The van der Waals surface area contributed by atoms with E-state index in [1.165, 1.54) is 0 Å². The maximum atomic E-state index is 0. The average molecular weight is 163 g/mol. The van der Waals surface area contributed by atoms with Crippen molar-refractivity contribution in [2.75, 3.05) is 0 Å². The van der Waals surface area contributed by atoms with E-state index in [0.29, 0.717) is 0 Å². The zero-order chi connectivity index (χ0) is 0. The van der Waals surface area contributed by atoms with E-state index < -0.39 is 0 Å². The Labute approximate surface area is 117 Å². The van der Waals surface area contributed by atoms with E-state index in [1.807, 2.05) is 0 Å². The summed E-state index contributed by atoms with van der Waals surface area (Å²) in [6, 6.07) is 0. The summed E-state index contributed by atoms with van der Waals surface area (Å²) in [7, 11) is 0. The fourth-order valence-corrected chi connectivity index (χ4v) is 0. The summed E-state index contributed by atoms with van der Waals surface area (Å²) in [4.78, 5) is 0. The second-order valence-corrected chi connectivity index (χ2v) is 0. The van der Waals surface area contributed by atoms with Crippen LogP contribution in [-0.4, -0.2) is 121 Å². The molecule has 0 aromatic rings. The van der Waals surface area contributed by atoms with Crippen LogP contribution in [0.25, 0.3) is 0 Å². The summed E-state index contributed by atoms with van der Waals surface area (Å²) in [5.74, 6) is 0. The normalized spacial score (nSPS) is 0. The molecule has 0 amide bonds. The van der Waals surface area contributed by atoms with Crippen LogP contribution >= 0.6 is 0 Å². The van der Waals surface area contributed by atoms with Gasteiger partial charge < -0.3 is 11.0 Å². The SMILES string of the molecule is O.O.[KH].[RbH]. The third-order valence-electron chi connectivity index (χ3n) is 0. The van der Waals surface area contributed by atoms with Crippen LogP contribution in [0.1, 0.15) is 0 Å². The Kier molecular flexibility index (Phi) is 107. The summed E-state index contributed by atoms with van der Waals surface area (Å²) in [6.07, 6.45) is 0. The van der Waals surface area contributed by atoms with Gasteiger partial charge in [0.2, 0.25) is 0 Å². The zero-order valence-corrected chi connectivity index (χ0v) is 1.00. The summed E-state index contributed by atoms with van der Waals surface area (Å²) < 4.78 is 0. The fourth-order valence-electron chi connectivity index (χ4n) is 0. The average Bonchev–Trinajstić information content (AvgIpc) is 0. The van der Waals surface area contributed by atoms with Crippen molar-refractivity contribution in [3.8, 4) is 0 Å².